The standard InChI is InChI=1S/C32H33F2N5O2S/c1-2-3-7-29(40)35-25-12-8-21(9-13-25)27(42)19-30(41)38-16-17-39-28(20-38)37-31(22-5-4-6-24(34)18-22)32(39)36-26-14-10-23(33)11-15-26/h4-6,8-15,18,27,36,42H,2-3,7,16-17,19-20H2,1H3,(H,35,40). The Morgan fingerprint density at radius 1 is 0.976 bits per heavy atom. The first kappa shape index (κ1) is 29.3. The third-order valence-electron chi connectivity index (χ3n) is 7.23. The molecular weight excluding hydrogens is 556 g/mol. The molecule has 10 heteroatoms. The molecule has 0 radical (unpaired) electrons. The maximum absolute atomic E-state index is 14.1. The Labute approximate surface area is 249 Å². The molecule has 0 fully saturated rings. The van der Waals surface area contributed by atoms with E-state index >= 15 is 0 Å². The summed E-state index contributed by atoms with van der Waals surface area (Å²) in [6, 6.07) is 19.6. The average Bonchev–Trinajstić information content (AvgIpc) is 3.35. The van der Waals surface area contributed by atoms with E-state index in [1.165, 1.54) is 24.3 Å². The summed E-state index contributed by atoms with van der Waals surface area (Å²) >= 11 is 4.70. The molecule has 2 amide bonds. The number of imidazole rings is 1. The number of carbonyl (C=O) groups is 2. The topological polar surface area (TPSA) is 79.3 Å². The van der Waals surface area contributed by atoms with Crippen LogP contribution in [0, 0.1) is 11.6 Å². The molecule has 1 aliphatic rings. The third-order valence-corrected chi connectivity index (χ3v) is 7.72. The number of amides is 2. The van der Waals surface area contributed by atoms with Crippen LogP contribution in [0.2, 0.25) is 0 Å². The summed E-state index contributed by atoms with van der Waals surface area (Å²) in [6.07, 6.45) is 2.50. The van der Waals surface area contributed by atoms with Crippen molar-refractivity contribution >= 4 is 41.6 Å². The normalized spacial score (nSPS) is 13.4. The van der Waals surface area contributed by atoms with Crippen LogP contribution >= 0.6 is 12.6 Å². The van der Waals surface area contributed by atoms with Crippen molar-refractivity contribution in [2.24, 2.45) is 0 Å². The molecule has 0 bridgehead atoms. The molecule has 1 aliphatic heterocycles. The van der Waals surface area contributed by atoms with Crippen molar-refractivity contribution in [3.63, 3.8) is 0 Å². The van der Waals surface area contributed by atoms with Gasteiger partial charge in [0.05, 0.1) is 6.54 Å². The van der Waals surface area contributed by atoms with Crippen molar-refractivity contribution in [2.45, 2.75) is 50.9 Å². The second kappa shape index (κ2) is 13.2. The van der Waals surface area contributed by atoms with Gasteiger partial charge in [-0.25, -0.2) is 13.8 Å². The minimum absolute atomic E-state index is 0.0118. The van der Waals surface area contributed by atoms with Gasteiger partial charge in [0.1, 0.15) is 29.0 Å². The van der Waals surface area contributed by atoms with Crippen LogP contribution < -0.4 is 10.6 Å². The van der Waals surface area contributed by atoms with Crippen molar-refractivity contribution in [3.8, 4) is 11.3 Å². The highest BCUT2D eigenvalue weighted by Gasteiger charge is 2.28. The molecular formula is C32H33F2N5O2S. The largest absolute Gasteiger partial charge is 0.340 e. The Hall–Kier alpha value is -4.18. The van der Waals surface area contributed by atoms with Gasteiger partial charge in [-0.1, -0.05) is 37.6 Å². The highest BCUT2D eigenvalue weighted by Crippen LogP contribution is 2.34. The Morgan fingerprint density at radius 3 is 2.43 bits per heavy atom. The van der Waals surface area contributed by atoms with Crippen LogP contribution in [0.15, 0.2) is 72.8 Å². The van der Waals surface area contributed by atoms with Gasteiger partial charge in [-0.15, -0.1) is 0 Å². The molecule has 5 rings (SSSR count). The molecule has 218 valence electrons. The second-order valence-electron chi connectivity index (χ2n) is 10.3. The highest BCUT2D eigenvalue weighted by molar-refractivity contribution is 7.80. The molecule has 2 N–H and O–H groups in total. The summed E-state index contributed by atoms with van der Waals surface area (Å²) in [5, 5.41) is 5.90. The average molecular weight is 590 g/mol. The number of rotatable bonds is 10. The van der Waals surface area contributed by atoms with E-state index in [0.717, 1.165) is 18.4 Å². The second-order valence-corrected chi connectivity index (χ2v) is 11.0. The first-order valence-corrected chi connectivity index (χ1v) is 14.6. The Morgan fingerprint density at radius 2 is 1.71 bits per heavy atom. The Kier molecular flexibility index (Phi) is 9.22. The van der Waals surface area contributed by atoms with E-state index in [1.54, 1.807) is 29.2 Å². The predicted molar refractivity (Wildman–Crippen MR) is 164 cm³/mol. The zero-order valence-corrected chi connectivity index (χ0v) is 24.2. The molecule has 1 atom stereocenters. The molecule has 0 aliphatic carbocycles. The zero-order valence-electron chi connectivity index (χ0n) is 23.3. The summed E-state index contributed by atoms with van der Waals surface area (Å²) in [5.74, 6) is 0.530. The number of aromatic nitrogens is 2. The number of carbonyl (C=O) groups excluding carboxylic acids is 2. The lowest BCUT2D eigenvalue weighted by atomic mass is 10.1. The number of thiol groups is 1. The Balaban J connectivity index is 1.29. The maximum Gasteiger partial charge on any atom is 0.224 e. The van der Waals surface area contributed by atoms with Crippen molar-refractivity contribution < 1.29 is 18.4 Å². The molecule has 0 saturated heterocycles. The van der Waals surface area contributed by atoms with Gasteiger partial charge >= 0.3 is 0 Å². The summed E-state index contributed by atoms with van der Waals surface area (Å²) in [6.45, 7) is 3.28. The molecule has 2 heterocycles. The number of nitrogens with one attached hydrogen (secondary N) is 2. The van der Waals surface area contributed by atoms with Gasteiger partial charge in [-0.05, 0) is 60.5 Å². The van der Waals surface area contributed by atoms with Crippen molar-refractivity contribution in [2.75, 3.05) is 17.2 Å². The molecule has 0 saturated carbocycles. The molecule has 0 spiro atoms. The quantitative estimate of drug-likeness (QED) is 0.172. The summed E-state index contributed by atoms with van der Waals surface area (Å²) in [5.41, 5.74) is 3.42. The lowest BCUT2D eigenvalue weighted by molar-refractivity contribution is -0.132. The van der Waals surface area contributed by atoms with Gasteiger partial charge in [0.2, 0.25) is 11.8 Å². The van der Waals surface area contributed by atoms with Crippen molar-refractivity contribution in [3.05, 3.63) is 95.8 Å². The van der Waals surface area contributed by atoms with Crippen LogP contribution in [0.4, 0.5) is 26.0 Å². The number of hydrogen-bond acceptors (Lipinski definition) is 5. The fraction of sp³-hybridized carbons (Fsp3) is 0.281. The van der Waals surface area contributed by atoms with Crippen LogP contribution in [0.5, 0.6) is 0 Å². The van der Waals surface area contributed by atoms with E-state index in [0.29, 0.717) is 53.8 Å². The molecule has 7 nitrogen and oxygen atoms in total. The number of nitrogens with zero attached hydrogens (tertiary/aromatic N) is 3. The predicted octanol–water partition coefficient (Wildman–Crippen LogP) is 7.10. The van der Waals surface area contributed by atoms with Crippen molar-refractivity contribution in [1.82, 2.24) is 14.5 Å². The molecule has 3 aromatic carbocycles. The third kappa shape index (κ3) is 6.99. The maximum atomic E-state index is 14.1. The fourth-order valence-corrected chi connectivity index (χ4v) is 5.27. The number of benzene rings is 3. The summed E-state index contributed by atoms with van der Waals surface area (Å²) < 4.78 is 29.6. The van der Waals surface area contributed by atoms with E-state index < -0.39 is 0 Å². The fourth-order valence-electron chi connectivity index (χ4n) is 4.94. The van der Waals surface area contributed by atoms with Crippen LogP contribution in [0.3, 0.4) is 0 Å². The monoisotopic (exact) mass is 589 g/mol. The number of halogens is 2. The van der Waals surface area contributed by atoms with Gasteiger partial charge in [-0.3, -0.25) is 9.59 Å². The number of fused-ring (bicyclic) bond motifs is 1. The van der Waals surface area contributed by atoms with E-state index in [9.17, 15) is 18.4 Å². The molecule has 1 aromatic heterocycles. The van der Waals surface area contributed by atoms with E-state index in [-0.39, 0.29) is 41.7 Å². The van der Waals surface area contributed by atoms with E-state index in [2.05, 4.69) is 10.6 Å². The first-order chi connectivity index (χ1) is 20.3. The van der Waals surface area contributed by atoms with Gasteiger partial charge in [0.25, 0.3) is 0 Å². The van der Waals surface area contributed by atoms with Crippen molar-refractivity contribution in [1.29, 1.82) is 0 Å². The first-order valence-electron chi connectivity index (χ1n) is 14.0. The van der Waals surface area contributed by atoms with Crippen LogP contribution in [-0.2, 0) is 22.7 Å². The van der Waals surface area contributed by atoms with Gasteiger partial charge in [0, 0.05) is 48.1 Å². The van der Waals surface area contributed by atoms with Gasteiger partial charge in [0.15, 0.2) is 0 Å². The smallest absolute Gasteiger partial charge is 0.224 e. The minimum atomic E-state index is -0.380. The van der Waals surface area contributed by atoms with E-state index in [4.69, 9.17) is 17.6 Å². The SMILES string of the molecule is CCCCC(=O)Nc1ccc(C(S)CC(=O)N2CCn3c(nc(-c4cccc(F)c4)c3Nc3ccc(F)cc3)C2)cc1. The molecule has 1 unspecified atom stereocenters. The van der Waals surface area contributed by atoms with Crippen LogP contribution in [0.25, 0.3) is 11.3 Å². The van der Waals surface area contributed by atoms with Crippen LogP contribution in [-0.4, -0.2) is 32.8 Å². The van der Waals surface area contributed by atoms with Gasteiger partial charge in [-0.2, -0.15) is 12.6 Å². The summed E-state index contributed by atoms with van der Waals surface area (Å²) in [7, 11) is 0. The summed E-state index contributed by atoms with van der Waals surface area (Å²) in [4.78, 5) is 31.9. The molecule has 4 aromatic rings. The zero-order chi connectivity index (χ0) is 29.6. The lowest BCUT2D eigenvalue weighted by Crippen LogP contribution is -2.38. The minimum Gasteiger partial charge on any atom is -0.340 e. The van der Waals surface area contributed by atoms with E-state index in [1.807, 2.05) is 35.8 Å². The highest BCUT2D eigenvalue weighted by atomic mass is 32.1. The number of anilines is 3. The van der Waals surface area contributed by atoms with Crippen LogP contribution in [0.1, 0.15) is 49.2 Å². The number of unbranched alkanes of at least 4 members (excludes halogenated alkanes) is 1. The lowest BCUT2D eigenvalue weighted by Gasteiger charge is -2.29. The number of hydrogen-bond donors (Lipinski definition) is 3. The Bertz CT molecular complexity index is 1560. The van der Waals surface area contributed by atoms with Gasteiger partial charge < -0.3 is 20.1 Å². The molecule has 42 heavy (non-hydrogen) atoms.